The lowest BCUT2D eigenvalue weighted by molar-refractivity contribution is 0.102. The van der Waals surface area contributed by atoms with Crippen LogP contribution in [0.25, 0.3) is 22.6 Å². The minimum absolute atomic E-state index is 0.205. The van der Waals surface area contributed by atoms with Crippen LogP contribution < -0.4 is 5.32 Å². The predicted octanol–water partition coefficient (Wildman–Crippen LogP) is 3.93. The molecule has 0 bridgehead atoms. The Labute approximate surface area is 171 Å². The molecule has 2 aromatic heterocycles. The Morgan fingerprint density at radius 2 is 1.90 bits per heavy atom. The van der Waals surface area contributed by atoms with Crippen molar-refractivity contribution < 1.29 is 13.2 Å². The predicted molar refractivity (Wildman–Crippen MR) is 112 cm³/mol. The topological polar surface area (TPSA) is 105 Å². The van der Waals surface area contributed by atoms with Crippen LogP contribution in [0, 0.1) is 0 Å². The van der Waals surface area contributed by atoms with Gasteiger partial charge in [0.2, 0.25) is 0 Å². The molecule has 29 heavy (non-hydrogen) atoms. The quantitative estimate of drug-likeness (QED) is 0.514. The molecule has 0 atom stereocenters. The number of amides is 1. The number of halogens is 1. The van der Waals surface area contributed by atoms with Crippen LogP contribution in [0.2, 0.25) is 5.02 Å². The molecule has 0 saturated heterocycles. The highest BCUT2D eigenvalue weighted by Crippen LogP contribution is 2.24. The van der Waals surface area contributed by atoms with E-state index in [-0.39, 0.29) is 10.8 Å². The highest BCUT2D eigenvalue weighted by atomic mass is 35.5. The van der Waals surface area contributed by atoms with Crippen LogP contribution in [0.1, 0.15) is 10.4 Å². The van der Waals surface area contributed by atoms with E-state index in [1.807, 2.05) is 0 Å². The summed E-state index contributed by atoms with van der Waals surface area (Å²) in [4.78, 5) is 24.4. The number of hydrogen-bond donors (Lipinski definition) is 2. The number of aromatic amines is 1. The third-order valence-electron chi connectivity index (χ3n) is 4.25. The minimum atomic E-state index is -3.33. The molecule has 9 heteroatoms. The molecule has 0 spiro atoms. The van der Waals surface area contributed by atoms with Gasteiger partial charge in [-0.05, 0) is 30.3 Å². The van der Waals surface area contributed by atoms with E-state index in [4.69, 9.17) is 11.6 Å². The summed E-state index contributed by atoms with van der Waals surface area (Å²) in [5.74, 6) is 0.130. The number of pyridine rings is 1. The Bertz CT molecular complexity index is 1350. The van der Waals surface area contributed by atoms with Gasteiger partial charge in [-0.25, -0.2) is 18.4 Å². The number of rotatable bonds is 4. The summed E-state index contributed by atoms with van der Waals surface area (Å²) in [6.07, 6.45) is 2.65. The van der Waals surface area contributed by atoms with Gasteiger partial charge in [0.1, 0.15) is 5.82 Å². The first-order valence-electron chi connectivity index (χ1n) is 8.53. The van der Waals surface area contributed by atoms with Gasteiger partial charge in [-0.3, -0.25) is 4.79 Å². The number of imidazole rings is 1. The third kappa shape index (κ3) is 3.98. The molecule has 1 amide bonds. The first-order valence-corrected chi connectivity index (χ1v) is 10.8. The Hall–Kier alpha value is -3.23. The van der Waals surface area contributed by atoms with Crippen molar-refractivity contribution in [2.45, 2.75) is 4.90 Å². The summed E-state index contributed by atoms with van der Waals surface area (Å²) in [6.45, 7) is 0. The summed E-state index contributed by atoms with van der Waals surface area (Å²) >= 11 is 6.06. The SMILES string of the molecule is CS(=O)(=O)c1cccc(-c2nc3ncc(NC(=O)c4ccccc4Cl)cc3[nH]2)c1. The monoisotopic (exact) mass is 426 g/mol. The number of nitrogens with zero attached hydrogens (tertiary/aromatic N) is 2. The van der Waals surface area contributed by atoms with Crippen molar-refractivity contribution >= 4 is 44.2 Å². The maximum atomic E-state index is 12.4. The second-order valence-electron chi connectivity index (χ2n) is 6.41. The second-order valence-corrected chi connectivity index (χ2v) is 8.84. The Morgan fingerprint density at radius 3 is 2.66 bits per heavy atom. The molecular formula is C20H15ClN4O3S. The number of benzene rings is 2. The van der Waals surface area contributed by atoms with E-state index in [1.165, 1.54) is 12.3 Å². The Morgan fingerprint density at radius 1 is 1.10 bits per heavy atom. The lowest BCUT2D eigenvalue weighted by Crippen LogP contribution is -2.12. The number of aromatic nitrogens is 3. The van der Waals surface area contributed by atoms with E-state index in [2.05, 4.69) is 20.3 Å². The number of carbonyl (C=O) groups excluding carboxylic acids is 1. The van der Waals surface area contributed by atoms with Gasteiger partial charge in [0.15, 0.2) is 15.5 Å². The second kappa shape index (κ2) is 7.31. The lowest BCUT2D eigenvalue weighted by Gasteiger charge is -2.06. The lowest BCUT2D eigenvalue weighted by atomic mass is 10.2. The molecule has 0 radical (unpaired) electrons. The first kappa shape index (κ1) is 19.1. The van der Waals surface area contributed by atoms with E-state index in [0.717, 1.165) is 6.26 Å². The molecule has 4 aromatic rings. The molecule has 0 aliphatic rings. The van der Waals surface area contributed by atoms with Crippen LogP contribution in [0.4, 0.5) is 5.69 Å². The van der Waals surface area contributed by atoms with Gasteiger partial charge in [0.05, 0.1) is 32.9 Å². The number of sulfone groups is 1. The Kier molecular flexibility index (Phi) is 4.81. The Balaban J connectivity index is 1.65. The summed E-state index contributed by atoms with van der Waals surface area (Å²) in [6, 6.07) is 14.9. The zero-order valence-electron chi connectivity index (χ0n) is 15.2. The number of H-pyrrole nitrogens is 1. The van der Waals surface area contributed by atoms with Crippen molar-refractivity contribution in [3.8, 4) is 11.4 Å². The van der Waals surface area contributed by atoms with Gasteiger partial charge in [-0.2, -0.15) is 0 Å². The number of hydrogen-bond acceptors (Lipinski definition) is 5. The van der Waals surface area contributed by atoms with Crippen molar-refractivity contribution in [1.82, 2.24) is 15.0 Å². The van der Waals surface area contributed by atoms with Gasteiger partial charge in [-0.1, -0.05) is 35.9 Å². The number of carbonyl (C=O) groups is 1. The fourth-order valence-corrected chi connectivity index (χ4v) is 3.71. The average Bonchev–Trinajstić information content (AvgIpc) is 3.11. The van der Waals surface area contributed by atoms with Gasteiger partial charge >= 0.3 is 0 Å². The summed E-state index contributed by atoms with van der Waals surface area (Å²) in [7, 11) is -3.33. The molecule has 2 aromatic carbocycles. The molecule has 4 rings (SSSR count). The minimum Gasteiger partial charge on any atom is -0.337 e. The van der Waals surface area contributed by atoms with Crippen LogP contribution in [0.15, 0.2) is 65.7 Å². The number of fused-ring (bicyclic) bond motifs is 1. The van der Waals surface area contributed by atoms with Crippen molar-refractivity contribution in [1.29, 1.82) is 0 Å². The van der Waals surface area contributed by atoms with Gasteiger partial charge in [0, 0.05) is 11.8 Å². The number of nitrogens with one attached hydrogen (secondary N) is 2. The van der Waals surface area contributed by atoms with Crippen molar-refractivity contribution in [3.63, 3.8) is 0 Å². The zero-order valence-corrected chi connectivity index (χ0v) is 16.8. The van der Waals surface area contributed by atoms with Crippen LogP contribution in [0.5, 0.6) is 0 Å². The molecule has 7 nitrogen and oxygen atoms in total. The molecule has 146 valence electrons. The summed E-state index contributed by atoms with van der Waals surface area (Å²) < 4.78 is 23.6. The molecule has 0 unspecified atom stereocenters. The fourth-order valence-electron chi connectivity index (χ4n) is 2.82. The summed E-state index contributed by atoms with van der Waals surface area (Å²) in [5.41, 5.74) is 2.49. The number of anilines is 1. The fraction of sp³-hybridized carbons (Fsp3) is 0.0500. The van der Waals surface area contributed by atoms with E-state index in [9.17, 15) is 13.2 Å². The van der Waals surface area contributed by atoms with Crippen molar-refractivity contribution in [2.75, 3.05) is 11.6 Å². The first-order chi connectivity index (χ1) is 13.8. The maximum absolute atomic E-state index is 12.4. The zero-order chi connectivity index (χ0) is 20.6. The molecule has 2 heterocycles. The summed E-state index contributed by atoms with van der Waals surface area (Å²) in [5, 5.41) is 3.11. The standard InChI is InChI=1S/C20H15ClN4O3S/c1-29(27,28)14-6-4-5-12(9-14)18-24-17-10-13(11-22-19(17)25-18)23-20(26)15-7-2-3-8-16(15)21/h2-11H,1H3,(H,23,26)(H,22,24,25). The third-order valence-corrected chi connectivity index (χ3v) is 5.69. The van der Waals surface area contributed by atoms with Crippen LogP contribution in [-0.4, -0.2) is 35.5 Å². The van der Waals surface area contributed by atoms with E-state index < -0.39 is 9.84 Å². The van der Waals surface area contributed by atoms with E-state index in [1.54, 1.807) is 48.5 Å². The normalized spacial score (nSPS) is 11.5. The van der Waals surface area contributed by atoms with Crippen LogP contribution in [0.3, 0.4) is 0 Å². The van der Waals surface area contributed by atoms with Gasteiger partial charge in [0.25, 0.3) is 5.91 Å². The van der Waals surface area contributed by atoms with Crippen LogP contribution in [-0.2, 0) is 9.84 Å². The van der Waals surface area contributed by atoms with Crippen LogP contribution >= 0.6 is 11.6 Å². The average molecular weight is 427 g/mol. The molecule has 2 N–H and O–H groups in total. The highest BCUT2D eigenvalue weighted by molar-refractivity contribution is 7.90. The largest absolute Gasteiger partial charge is 0.337 e. The molecule has 0 aliphatic carbocycles. The molecule has 0 fully saturated rings. The molecule has 0 saturated carbocycles. The molecular weight excluding hydrogens is 412 g/mol. The van der Waals surface area contributed by atoms with Gasteiger partial charge in [-0.15, -0.1) is 0 Å². The maximum Gasteiger partial charge on any atom is 0.257 e. The van der Waals surface area contributed by atoms with E-state index >= 15 is 0 Å². The highest BCUT2D eigenvalue weighted by Gasteiger charge is 2.13. The van der Waals surface area contributed by atoms with Gasteiger partial charge < -0.3 is 10.3 Å². The van der Waals surface area contributed by atoms with E-state index in [0.29, 0.717) is 38.8 Å². The van der Waals surface area contributed by atoms with Crippen molar-refractivity contribution in [2.24, 2.45) is 0 Å². The van der Waals surface area contributed by atoms with Crippen molar-refractivity contribution in [3.05, 3.63) is 71.4 Å². The molecule has 0 aliphatic heterocycles. The smallest absolute Gasteiger partial charge is 0.257 e.